The van der Waals surface area contributed by atoms with Crippen molar-refractivity contribution in [2.45, 2.75) is 19.4 Å². The summed E-state index contributed by atoms with van der Waals surface area (Å²) in [7, 11) is 0. The number of carboxylic acid groups (broad SMARTS) is 1. The number of hydrogen-bond donors (Lipinski definition) is 3. The van der Waals surface area contributed by atoms with Crippen LogP contribution in [0, 0.1) is 17.6 Å². The van der Waals surface area contributed by atoms with Gasteiger partial charge >= 0.3 is 12.0 Å². The van der Waals surface area contributed by atoms with Crippen molar-refractivity contribution in [1.82, 2.24) is 5.32 Å². The largest absolute Gasteiger partial charge is 0.478 e. The molecule has 2 amide bonds. The van der Waals surface area contributed by atoms with Gasteiger partial charge in [0.1, 0.15) is 0 Å². The van der Waals surface area contributed by atoms with Crippen LogP contribution < -0.4 is 10.6 Å². The standard InChI is InChI=1S/C12H12F2N2O3/c1-5-2-9(5)15-12(19)16-10-4-8(14)7(13)3-6(10)11(17)18/h3-5,9H,2H2,1H3,(H,17,18)(H2,15,16,19). The lowest BCUT2D eigenvalue weighted by molar-refractivity contribution is 0.0697. The van der Waals surface area contributed by atoms with E-state index in [0.29, 0.717) is 18.1 Å². The third kappa shape index (κ3) is 2.98. The first-order chi connectivity index (χ1) is 8.88. The molecule has 0 heterocycles. The van der Waals surface area contributed by atoms with Crippen molar-refractivity contribution in [2.24, 2.45) is 5.92 Å². The summed E-state index contributed by atoms with van der Waals surface area (Å²) in [6.07, 6.45) is 0.844. The summed E-state index contributed by atoms with van der Waals surface area (Å²) in [4.78, 5) is 22.4. The smallest absolute Gasteiger partial charge is 0.337 e. The first-order valence-corrected chi connectivity index (χ1v) is 5.68. The summed E-state index contributed by atoms with van der Waals surface area (Å²) in [5, 5.41) is 13.7. The van der Waals surface area contributed by atoms with Gasteiger partial charge in [0.05, 0.1) is 11.3 Å². The Hall–Kier alpha value is -2.18. The van der Waals surface area contributed by atoms with Gasteiger partial charge in [-0.3, -0.25) is 0 Å². The van der Waals surface area contributed by atoms with Crippen LogP contribution >= 0.6 is 0 Å². The summed E-state index contributed by atoms with van der Waals surface area (Å²) >= 11 is 0. The molecule has 1 aromatic rings. The number of aromatic carboxylic acids is 1. The molecule has 0 radical (unpaired) electrons. The number of carbonyl (C=O) groups is 2. The number of halogens is 2. The molecule has 1 aliphatic carbocycles. The molecule has 19 heavy (non-hydrogen) atoms. The number of anilines is 1. The fraction of sp³-hybridized carbons (Fsp3) is 0.333. The molecule has 0 aliphatic heterocycles. The molecule has 2 atom stereocenters. The van der Waals surface area contributed by atoms with Gasteiger partial charge < -0.3 is 15.7 Å². The van der Waals surface area contributed by atoms with Gasteiger partial charge in [-0.25, -0.2) is 18.4 Å². The molecule has 1 fully saturated rings. The zero-order valence-electron chi connectivity index (χ0n) is 10.0. The molecule has 1 aliphatic rings. The van der Waals surface area contributed by atoms with Gasteiger partial charge in [-0.05, 0) is 18.4 Å². The topological polar surface area (TPSA) is 78.4 Å². The molecular weight excluding hydrogens is 258 g/mol. The van der Waals surface area contributed by atoms with E-state index in [1.807, 2.05) is 6.92 Å². The van der Waals surface area contributed by atoms with Crippen molar-refractivity contribution in [3.63, 3.8) is 0 Å². The van der Waals surface area contributed by atoms with E-state index in [1.54, 1.807) is 0 Å². The van der Waals surface area contributed by atoms with Gasteiger partial charge in [0.2, 0.25) is 0 Å². The Morgan fingerprint density at radius 1 is 1.32 bits per heavy atom. The highest BCUT2D eigenvalue weighted by Gasteiger charge is 2.34. The molecule has 3 N–H and O–H groups in total. The summed E-state index contributed by atoms with van der Waals surface area (Å²) < 4.78 is 26.0. The van der Waals surface area contributed by atoms with Crippen LogP contribution in [0.5, 0.6) is 0 Å². The second kappa shape index (κ2) is 4.83. The van der Waals surface area contributed by atoms with Crippen LogP contribution in [0.1, 0.15) is 23.7 Å². The number of carboxylic acids is 1. The minimum Gasteiger partial charge on any atom is -0.478 e. The molecular formula is C12H12F2N2O3. The van der Waals surface area contributed by atoms with Crippen LogP contribution in [-0.2, 0) is 0 Å². The monoisotopic (exact) mass is 270 g/mol. The number of benzene rings is 1. The highest BCUT2D eigenvalue weighted by atomic mass is 19.2. The molecule has 2 rings (SSSR count). The van der Waals surface area contributed by atoms with E-state index in [2.05, 4.69) is 10.6 Å². The Labute approximate surface area is 107 Å². The lowest BCUT2D eigenvalue weighted by atomic mass is 10.1. The van der Waals surface area contributed by atoms with Gasteiger partial charge in [0, 0.05) is 12.1 Å². The van der Waals surface area contributed by atoms with E-state index in [9.17, 15) is 18.4 Å². The van der Waals surface area contributed by atoms with Gasteiger partial charge in [-0.15, -0.1) is 0 Å². The number of urea groups is 1. The van der Waals surface area contributed by atoms with Gasteiger partial charge in [0.25, 0.3) is 0 Å². The normalized spacial score (nSPS) is 20.8. The first kappa shape index (κ1) is 13.3. The molecule has 102 valence electrons. The predicted octanol–water partition coefficient (Wildman–Crippen LogP) is 2.19. The van der Waals surface area contributed by atoms with Crippen molar-refractivity contribution in [3.8, 4) is 0 Å². The first-order valence-electron chi connectivity index (χ1n) is 5.68. The number of hydrogen-bond acceptors (Lipinski definition) is 2. The minimum atomic E-state index is -1.45. The van der Waals surface area contributed by atoms with Crippen LogP contribution in [0.4, 0.5) is 19.3 Å². The maximum absolute atomic E-state index is 13.1. The van der Waals surface area contributed by atoms with Crippen molar-refractivity contribution in [3.05, 3.63) is 29.3 Å². The van der Waals surface area contributed by atoms with E-state index < -0.39 is 29.2 Å². The quantitative estimate of drug-likeness (QED) is 0.787. The van der Waals surface area contributed by atoms with E-state index in [0.717, 1.165) is 6.42 Å². The number of carbonyl (C=O) groups excluding carboxylic acids is 1. The minimum absolute atomic E-state index is 0.0403. The molecule has 5 nitrogen and oxygen atoms in total. The van der Waals surface area contributed by atoms with Crippen molar-refractivity contribution < 1.29 is 23.5 Å². The van der Waals surface area contributed by atoms with Crippen LogP contribution in [-0.4, -0.2) is 23.1 Å². The van der Waals surface area contributed by atoms with Crippen molar-refractivity contribution in [1.29, 1.82) is 0 Å². The Balaban J connectivity index is 2.16. The maximum atomic E-state index is 13.1. The number of nitrogens with one attached hydrogen (secondary N) is 2. The van der Waals surface area contributed by atoms with Crippen LogP contribution in [0.15, 0.2) is 12.1 Å². The van der Waals surface area contributed by atoms with Crippen LogP contribution in [0.25, 0.3) is 0 Å². The summed E-state index contributed by atoms with van der Waals surface area (Å²) in [5.41, 5.74) is -0.782. The van der Waals surface area contributed by atoms with Crippen molar-refractivity contribution in [2.75, 3.05) is 5.32 Å². The Morgan fingerprint density at radius 3 is 2.42 bits per heavy atom. The fourth-order valence-corrected chi connectivity index (χ4v) is 1.68. The predicted molar refractivity (Wildman–Crippen MR) is 63.0 cm³/mol. The zero-order valence-corrected chi connectivity index (χ0v) is 10.0. The van der Waals surface area contributed by atoms with Gasteiger partial charge in [-0.1, -0.05) is 6.92 Å². The highest BCUT2D eigenvalue weighted by molar-refractivity contribution is 6.00. The van der Waals surface area contributed by atoms with Crippen LogP contribution in [0.3, 0.4) is 0 Å². The Morgan fingerprint density at radius 2 is 1.89 bits per heavy atom. The van der Waals surface area contributed by atoms with E-state index in [-0.39, 0.29) is 11.7 Å². The second-order valence-corrected chi connectivity index (χ2v) is 4.53. The average Bonchev–Trinajstić information content (AvgIpc) is 2.98. The molecule has 0 aromatic heterocycles. The zero-order chi connectivity index (χ0) is 14.2. The molecule has 7 heteroatoms. The summed E-state index contributed by atoms with van der Waals surface area (Å²) in [6.45, 7) is 1.95. The molecule has 2 unspecified atom stereocenters. The SMILES string of the molecule is CC1CC1NC(=O)Nc1cc(F)c(F)cc1C(=O)O. The number of rotatable bonds is 3. The lowest BCUT2D eigenvalue weighted by Crippen LogP contribution is -2.32. The third-order valence-electron chi connectivity index (χ3n) is 2.97. The van der Waals surface area contributed by atoms with Crippen LogP contribution in [0.2, 0.25) is 0 Å². The summed E-state index contributed by atoms with van der Waals surface area (Å²) in [6, 6.07) is 0.586. The number of amides is 2. The third-order valence-corrected chi connectivity index (χ3v) is 2.97. The Bertz CT molecular complexity index is 548. The summed E-state index contributed by atoms with van der Waals surface area (Å²) in [5.74, 6) is -3.58. The molecule has 1 saturated carbocycles. The highest BCUT2D eigenvalue weighted by Crippen LogP contribution is 2.29. The molecule has 0 saturated heterocycles. The van der Waals surface area contributed by atoms with Crippen molar-refractivity contribution >= 4 is 17.7 Å². The maximum Gasteiger partial charge on any atom is 0.337 e. The lowest BCUT2D eigenvalue weighted by Gasteiger charge is -2.10. The molecule has 0 bridgehead atoms. The Kier molecular flexibility index (Phi) is 3.37. The molecule has 0 spiro atoms. The fourth-order valence-electron chi connectivity index (χ4n) is 1.68. The van der Waals surface area contributed by atoms with E-state index >= 15 is 0 Å². The van der Waals surface area contributed by atoms with E-state index in [4.69, 9.17) is 5.11 Å². The average molecular weight is 270 g/mol. The second-order valence-electron chi connectivity index (χ2n) is 4.53. The van der Waals surface area contributed by atoms with Gasteiger partial charge in [0.15, 0.2) is 11.6 Å². The van der Waals surface area contributed by atoms with Gasteiger partial charge in [-0.2, -0.15) is 0 Å². The van der Waals surface area contributed by atoms with E-state index in [1.165, 1.54) is 0 Å². The molecule has 1 aromatic carbocycles.